The first kappa shape index (κ1) is 10.7. The molecule has 0 fully saturated rings. The zero-order valence-electron chi connectivity index (χ0n) is 9.72. The number of hydrogen-bond acceptors (Lipinski definition) is 5. The lowest BCUT2D eigenvalue weighted by molar-refractivity contribution is 0.186. The van der Waals surface area contributed by atoms with Gasteiger partial charge >= 0.3 is 6.03 Å². The summed E-state index contributed by atoms with van der Waals surface area (Å²) in [6, 6.07) is -0.468. The van der Waals surface area contributed by atoms with Crippen LogP contribution in [0.3, 0.4) is 0 Å². The van der Waals surface area contributed by atoms with E-state index in [-0.39, 0.29) is 12.1 Å². The van der Waals surface area contributed by atoms with Gasteiger partial charge in [-0.1, -0.05) is 0 Å². The van der Waals surface area contributed by atoms with Crippen LogP contribution in [0.4, 0.5) is 4.79 Å². The van der Waals surface area contributed by atoms with Crippen LogP contribution in [-0.4, -0.2) is 31.8 Å². The fraction of sp³-hybridized carbons (Fsp3) is 0.273. The molecule has 3 heterocycles. The zero-order valence-corrected chi connectivity index (χ0v) is 9.72. The highest BCUT2D eigenvalue weighted by atomic mass is 16.3. The molecular weight excluding hydrogens is 234 g/mol. The maximum atomic E-state index is 12.2. The quantitative estimate of drug-likeness (QED) is 0.764. The van der Waals surface area contributed by atoms with Crippen LogP contribution in [-0.2, 0) is 0 Å². The summed E-state index contributed by atoms with van der Waals surface area (Å²) in [5.41, 5.74) is 0.707. The second-order valence-corrected chi connectivity index (χ2v) is 3.94. The molecule has 0 saturated carbocycles. The molecule has 1 aliphatic heterocycles. The van der Waals surface area contributed by atoms with Gasteiger partial charge < -0.3 is 4.42 Å². The molecule has 1 aliphatic rings. The van der Waals surface area contributed by atoms with Gasteiger partial charge in [0.2, 0.25) is 0 Å². The molecule has 1 amide bonds. The largest absolute Gasteiger partial charge is 0.449 e. The minimum atomic E-state index is -0.257. The number of imidazole rings is 1. The Morgan fingerprint density at radius 1 is 1.56 bits per heavy atom. The van der Waals surface area contributed by atoms with Gasteiger partial charge in [-0.05, 0) is 0 Å². The van der Waals surface area contributed by atoms with E-state index in [1.807, 2.05) is 0 Å². The second kappa shape index (κ2) is 4.10. The van der Waals surface area contributed by atoms with E-state index in [2.05, 4.69) is 15.1 Å². The molecule has 0 bridgehead atoms. The normalized spacial score (nSPS) is 18.5. The minimum Gasteiger partial charge on any atom is -0.449 e. The van der Waals surface area contributed by atoms with Crippen LogP contribution in [0.25, 0.3) is 0 Å². The van der Waals surface area contributed by atoms with Crippen LogP contribution < -0.4 is 0 Å². The van der Waals surface area contributed by atoms with Crippen molar-refractivity contribution < 1.29 is 9.21 Å². The number of hydrazone groups is 1. The third-order valence-corrected chi connectivity index (χ3v) is 2.73. The van der Waals surface area contributed by atoms with Gasteiger partial charge in [0, 0.05) is 32.0 Å². The minimum absolute atomic E-state index is 0.211. The number of carbonyl (C=O) groups is 1. The van der Waals surface area contributed by atoms with Gasteiger partial charge in [-0.3, -0.25) is 4.57 Å². The molecule has 0 radical (unpaired) electrons. The van der Waals surface area contributed by atoms with Crippen molar-refractivity contribution in [2.24, 2.45) is 5.10 Å². The van der Waals surface area contributed by atoms with Gasteiger partial charge in [0.05, 0.1) is 0 Å². The molecule has 3 rings (SSSR count). The molecule has 0 aromatic carbocycles. The van der Waals surface area contributed by atoms with Gasteiger partial charge in [0.15, 0.2) is 5.89 Å². The van der Waals surface area contributed by atoms with Crippen molar-refractivity contribution >= 4 is 12.2 Å². The molecule has 7 nitrogen and oxygen atoms in total. The van der Waals surface area contributed by atoms with Crippen LogP contribution in [0.5, 0.6) is 0 Å². The average molecular weight is 245 g/mol. The topological polar surface area (TPSA) is 76.5 Å². The number of aryl methyl sites for hydroxylation is 1. The molecule has 18 heavy (non-hydrogen) atoms. The molecule has 0 spiro atoms. The molecule has 2 aromatic heterocycles. The summed E-state index contributed by atoms with van der Waals surface area (Å²) in [7, 11) is 0. The maximum Gasteiger partial charge on any atom is 0.350 e. The highest BCUT2D eigenvalue weighted by Gasteiger charge is 2.31. The summed E-state index contributed by atoms with van der Waals surface area (Å²) in [4.78, 5) is 20.3. The van der Waals surface area contributed by atoms with Gasteiger partial charge in [-0.2, -0.15) is 5.10 Å². The summed E-state index contributed by atoms with van der Waals surface area (Å²) in [6.07, 6.45) is 8.47. The average Bonchev–Trinajstić information content (AvgIpc) is 3.09. The van der Waals surface area contributed by atoms with Crippen LogP contribution >= 0.6 is 0 Å². The Morgan fingerprint density at radius 3 is 3.11 bits per heavy atom. The maximum absolute atomic E-state index is 12.2. The molecular formula is C11H11N5O2. The van der Waals surface area contributed by atoms with Crippen molar-refractivity contribution in [3.63, 3.8) is 0 Å². The Bertz CT molecular complexity index is 586. The molecule has 0 aliphatic carbocycles. The first-order valence-electron chi connectivity index (χ1n) is 5.51. The Morgan fingerprint density at radius 2 is 2.44 bits per heavy atom. The molecule has 7 heteroatoms. The Kier molecular flexibility index (Phi) is 2.44. The van der Waals surface area contributed by atoms with Crippen LogP contribution in [0, 0.1) is 6.92 Å². The van der Waals surface area contributed by atoms with E-state index in [0.717, 1.165) is 0 Å². The first-order chi connectivity index (χ1) is 8.75. The summed E-state index contributed by atoms with van der Waals surface area (Å²) in [5.74, 6) is 0.576. The lowest BCUT2D eigenvalue weighted by Crippen LogP contribution is -2.30. The summed E-state index contributed by atoms with van der Waals surface area (Å²) < 4.78 is 6.55. The molecule has 2 aromatic rings. The Balaban J connectivity index is 1.87. The predicted molar refractivity (Wildman–Crippen MR) is 62.0 cm³/mol. The molecule has 1 atom stereocenters. The Labute approximate surface area is 103 Å². The van der Waals surface area contributed by atoms with Gasteiger partial charge in [-0.25, -0.2) is 19.8 Å². The van der Waals surface area contributed by atoms with Gasteiger partial charge in [0.1, 0.15) is 24.3 Å². The van der Waals surface area contributed by atoms with Crippen molar-refractivity contribution in [2.45, 2.75) is 19.4 Å². The Hall–Kier alpha value is -2.44. The summed E-state index contributed by atoms with van der Waals surface area (Å²) in [5, 5.41) is 5.48. The van der Waals surface area contributed by atoms with E-state index < -0.39 is 0 Å². The van der Waals surface area contributed by atoms with E-state index in [1.165, 1.54) is 15.9 Å². The SMILES string of the molecule is Cc1nc(C2CC=NN2C(=O)n2ccnc2)co1. The molecule has 1 unspecified atom stereocenters. The number of nitrogens with zero attached hydrogens (tertiary/aromatic N) is 5. The van der Waals surface area contributed by atoms with E-state index in [4.69, 9.17) is 4.42 Å². The molecule has 0 N–H and O–H groups in total. The highest BCUT2D eigenvalue weighted by molar-refractivity contribution is 5.80. The monoisotopic (exact) mass is 245 g/mol. The standard InChI is InChI=1S/C11H11N5O2/c1-8-14-9(6-18-8)10-2-3-13-16(10)11(17)15-5-4-12-7-15/h3-7,10H,2H2,1H3. The fourth-order valence-electron chi connectivity index (χ4n) is 1.87. The number of carbonyl (C=O) groups excluding carboxylic acids is 1. The number of oxazole rings is 1. The summed E-state index contributed by atoms with van der Waals surface area (Å²) in [6.45, 7) is 1.77. The number of amides is 1. The molecule has 0 saturated heterocycles. The van der Waals surface area contributed by atoms with E-state index in [1.54, 1.807) is 31.8 Å². The van der Waals surface area contributed by atoms with Crippen LogP contribution in [0.15, 0.2) is 34.5 Å². The summed E-state index contributed by atoms with van der Waals surface area (Å²) >= 11 is 0. The van der Waals surface area contributed by atoms with Crippen molar-refractivity contribution in [1.29, 1.82) is 0 Å². The lowest BCUT2D eigenvalue weighted by Gasteiger charge is -2.19. The van der Waals surface area contributed by atoms with Crippen molar-refractivity contribution in [2.75, 3.05) is 0 Å². The fourth-order valence-corrected chi connectivity index (χ4v) is 1.87. The second-order valence-electron chi connectivity index (χ2n) is 3.94. The van der Waals surface area contributed by atoms with Crippen molar-refractivity contribution in [1.82, 2.24) is 19.5 Å². The van der Waals surface area contributed by atoms with Gasteiger partial charge in [-0.15, -0.1) is 0 Å². The third kappa shape index (κ3) is 1.69. The number of aromatic nitrogens is 3. The van der Waals surface area contributed by atoms with Crippen molar-refractivity contribution in [3.8, 4) is 0 Å². The zero-order chi connectivity index (χ0) is 12.5. The molecule has 92 valence electrons. The van der Waals surface area contributed by atoms with E-state index in [0.29, 0.717) is 18.0 Å². The van der Waals surface area contributed by atoms with Gasteiger partial charge in [0.25, 0.3) is 0 Å². The smallest absolute Gasteiger partial charge is 0.350 e. The van der Waals surface area contributed by atoms with E-state index in [9.17, 15) is 4.79 Å². The number of rotatable bonds is 1. The lowest BCUT2D eigenvalue weighted by atomic mass is 10.2. The van der Waals surface area contributed by atoms with E-state index >= 15 is 0 Å². The number of hydrogen-bond donors (Lipinski definition) is 0. The van der Waals surface area contributed by atoms with Crippen LogP contribution in [0.2, 0.25) is 0 Å². The first-order valence-corrected chi connectivity index (χ1v) is 5.51. The highest BCUT2D eigenvalue weighted by Crippen LogP contribution is 2.28. The van der Waals surface area contributed by atoms with Crippen LogP contribution in [0.1, 0.15) is 24.0 Å². The van der Waals surface area contributed by atoms with Crippen molar-refractivity contribution in [3.05, 3.63) is 36.6 Å². The predicted octanol–water partition coefficient (Wildman–Crippen LogP) is 1.58. The third-order valence-electron chi connectivity index (χ3n) is 2.73.